The van der Waals surface area contributed by atoms with Crippen LogP contribution in [0, 0.1) is 11.6 Å². The molecule has 88 valence electrons. The van der Waals surface area contributed by atoms with Gasteiger partial charge in [0.2, 0.25) is 0 Å². The normalized spacial score (nSPS) is 10.3. The van der Waals surface area contributed by atoms with Crippen molar-refractivity contribution < 1.29 is 13.5 Å². The van der Waals surface area contributed by atoms with Gasteiger partial charge in [0.05, 0.1) is 5.69 Å². The molecule has 1 aromatic heterocycles. The van der Waals surface area contributed by atoms with Crippen molar-refractivity contribution in [3.8, 4) is 5.75 Å². The highest BCUT2D eigenvalue weighted by Gasteiger charge is 2.02. The molecule has 0 spiro atoms. The SMILES string of the molecule is Fc1cc(F)cc(OCc2cccc(Cl)n2)c1. The zero-order valence-corrected chi connectivity index (χ0v) is 9.42. The second kappa shape index (κ2) is 5.10. The van der Waals surface area contributed by atoms with Gasteiger partial charge >= 0.3 is 0 Å². The Hall–Kier alpha value is -1.68. The predicted molar refractivity (Wildman–Crippen MR) is 59.9 cm³/mol. The summed E-state index contributed by atoms with van der Waals surface area (Å²) in [5.41, 5.74) is 0.585. The first-order valence-corrected chi connectivity index (χ1v) is 5.21. The number of nitrogens with zero attached hydrogens (tertiary/aromatic N) is 1. The largest absolute Gasteiger partial charge is 0.487 e. The number of benzene rings is 1. The number of ether oxygens (including phenoxy) is 1. The van der Waals surface area contributed by atoms with E-state index in [0.717, 1.165) is 18.2 Å². The maximum atomic E-state index is 12.9. The average molecular weight is 256 g/mol. The van der Waals surface area contributed by atoms with Gasteiger partial charge in [0.15, 0.2) is 0 Å². The molecular formula is C12H8ClF2NO. The number of pyridine rings is 1. The van der Waals surface area contributed by atoms with Crippen LogP contribution in [0.2, 0.25) is 5.15 Å². The topological polar surface area (TPSA) is 22.1 Å². The maximum absolute atomic E-state index is 12.9. The lowest BCUT2D eigenvalue weighted by Gasteiger charge is -2.06. The van der Waals surface area contributed by atoms with Crippen LogP contribution in [-0.4, -0.2) is 4.98 Å². The lowest BCUT2D eigenvalue weighted by Crippen LogP contribution is -1.98. The van der Waals surface area contributed by atoms with E-state index in [1.165, 1.54) is 0 Å². The zero-order chi connectivity index (χ0) is 12.3. The first-order valence-electron chi connectivity index (χ1n) is 4.84. The summed E-state index contributed by atoms with van der Waals surface area (Å²) in [5.74, 6) is -1.25. The lowest BCUT2D eigenvalue weighted by atomic mass is 10.3. The highest BCUT2D eigenvalue weighted by atomic mass is 35.5. The lowest BCUT2D eigenvalue weighted by molar-refractivity contribution is 0.298. The minimum atomic E-state index is -0.681. The van der Waals surface area contributed by atoms with E-state index < -0.39 is 11.6 Å². The quantitative estimate of drug-likeness (QED) is 0.782. The highest BCUT2D eigenvalue weighted by Crippen LogP contribution is 2.16. The third kappa shape index (κ3) is 3.39. The van der Waals surface area contributed by atoms with Crippen molar-refractivity contribution in [2.75, 3.05) is 0 Å². The molecule has 0 atom stereocenters. The molecule has 0 unspecified atom stereocenters. The highest BCUT2D eigenvalue weighted by molar-refractivity contribution is 6.29. The molecule has 0 aliphatic heterocycles. The molecule has 1 aromatic carbocycles. The van der Waals surface area contributed by atoms with Gasteiger partial charge in [0.25, 0.3) is 0 Å². The second-order valence-corrected chi connectivity index (χ2v) is 3.73. The molecule has 0 aliphatic rings. The molecule has 2 nitrogen and oxygen atoms in total. The van der Waals surface area contributed by atoms with Crippen LogP contribution in [0.25, 0.3) is 0 Å². The Balaban J connectivity index is 2.07. The van der Waals surface area contributed by atoms with Crippen LogP contribution in [0.1, 0.15) is 5.69 Å². The Kier molecular flexibility index (Phi) is 3.54. The molecule has 0 saturated carbocycles. The maximum Gasteiger partial charge on any atom is 0.130 e. The molecule has 0 amide bonds. The smallest absolute Gasteiger partial charge is 0.130 e. The molecule has 5 heteroatoms. The van der Waals surface area contributed by atoms with E-state index >= 15 is 0 Å². The summed E-state index contributed by atoms with van der Waals surface area (Å²) in [6.07, 6.45) is 0. The molecular weight excluding hydrogens is 248 g/mol. The third-order valence-electron chi connectivity index (χ3n) is 2.00. The second-order valence-electron chi connectivity index (χ2n) is 3.35. The van der Waals surface area contributed by atoms with E-state index in [1.807, 2.05) is 0 Å². The minimum Gasteiger partial charge on any atom is -0.487 e. The molecule has 0 aliphatic carbocycles. The molecule has 0 saturated heterocycles. The van der Waals surface area contributed by atoms with Gasteiger partial charge in [-0.3, -0.25) is 0 Å². The first kappa shape index (κ1) is 11.8. The number of aromatic nitrogens is 1. The van der Waals surface area contributed by atoms with Gasteiger partial charge in [-0.25, -0.2) is 13.8 Å². The van der Waals surface area contributed by atoms with Gasteiger partial charge in [-0.05, 0) is 12.1 Å². The average Bonchev–Trinajstić information content (AvgIpc) is 2.25. The summed E-state index contributed by atoms with van der Waals surface area (Å²) in [6.45, 7) is 0.101. The van der Waals surface area contributed by atoms with Crippen molar-refractivity contribution in [3.05, 3.63) is 58.9 Å². The van der Waals surface area contributed by atoms with E-state index in [1.54, 1.807) is 18.2 Å². The Morgan fingerprint density at radius 3 is 2.47 bits per heavy atom. The van der Waals surface area contributed by atoms with Crippen LogP contribution in [0.15, 0.2) is 36.4 Å². The summed E-state index contributed by atoms with van der Waals surface area (Å²) < 4.78 is 30.9. The number of rotatable bonds is 3. The Morgan fingerprint density at radius 1 is 1.12 bits per heavy atom. The van der Waals surface area contributed by atoms with Gasteiger partial charge in [0, 0.05) is 18.2 Å². The Bertz CT molecular complexity index is 513. The van der Waals surface area contributed by atoms with Crippen molar-refractivity contribution in [3.63, 3.8) is 0 Å². The molecule has 1 heterocycles. The molecule has 17 heavy (non-hydrogen) atoms. The van der Waals surface area contributed by atoms with Crippen molar-refractivity contribution in [1.82, 2.24) is 4.98 Å². The number of hydrogen-bond donors (Lipinski definition) is 0. The Morgan fingerprint density at radius 2 is 1.82 bits per heavy atom. The summed E-state index contributed by atoms with van der Waals surface area (Å²) >= 11 is 5.69. The van der Waals surface area contributed by atoms with Crippen LogP contribution in [0.4, 0.5) is 8.78 Å². The molecule has 0 radical (unpaired) electrons. The van der Waals surface area contributed by atoms with E-state index in [4.69, 9.17) is 16.3 Å². The van der Waals surface area contributed by atoms with Gasteiger partial charge in [0.1, 0.15) is 29.1 Å². The standard InChI is InChI=1S/C12H8ClF2NO/c13-12-3-1-2-10(16-12)7-17-11-5-8(14)4-9(15)6-11/h1-6H,7H2. The fourth-order valence-corrected chi connectivity index (χ4v) is 1.48. The van der Waals surface area contributed by atoms with Gasteiger partial charge in [-0.1, -0.05) is 17.7 Å². The summed E-state index contributed by atoms with van der Waals surface area (Å²) in [7, 11) is 0. The van der Waals surface area contributed by atoms with Gasteiger partial charge < -0.3 is 4.74 Å². The van der Waals surface area contributed by atoms with Crippen molar-refractivity contribution in [2.45, 2.75) is 6.61 Å². The predicted octanol–water partition coefficient (Wildman–Crippen LogP) is 3.59. The van der Waals surface area contributed by atoms with E-state index in [2.05, 4.69) is 4.98 Å². The van der Waals surface area contributed by atoms with Crippen LogP contribution >= 0.6 is 11.6 Å². The van der Waals surface area contributed by atoms with Crippen LogP contribution in [-0.2, 0) is 6.61 Å². The molecule has 0 bridgehead atoms. The van der Waals surface area contributed by atoms with E-state index in [0.29, 0.717) is 10.8 Å². The summed E-state index contributed by atoms with van der Waals surface area (Å²) in [5, 5.41) is 0.344. The fourth-order valence-electron chi connectivity index (χ4n) is 1.30. The molecule has 0 N–H and O–H groups in total. The molecule has 2 rings (SSSR count). The van der Waals surface area contributed by atoms with Gasteiger partial charge in [-0.2, -0.15) is 0 Å². The van der Waals surface area contributed by atoms with E-state index in [9.17, 15) is 8.78 Å². The van der Waals surface area contributed by atoms with Crippen LogP contribution in [0.3, 0.4) is 0 Å². The van der Waals surface area contributed by atoms with E-state index in [-0.39, 0.29) is 12.4 Å². The molecule has 2 aromatic rings. The van der Waals surface area contributed by atoms with Crippen molar-refractivity contribution in [1.29, 1.82) is 0 Å². The zero-order valence-electron chi connectivity index (χ0n) is 8.66. The first-order chi connectivity index (χ1) is 8.13. The fraction of sp³-hybridized carbons (Fsp3) is 0.0833. The summed E-state index contributed by atoms with van der Waals surface area (Å²) in [4.78, 5) is 3.99. The van der Waals surface area contributed by atoms with Crippen molar-refractivity contribution in [2.24, 2.45) is 0 Å². The monoisotopic (exact) mass is 255 g/mol. The number of halogens is 3. The van der Waals surface area contributed by atoms with Crippen molar-refractivity contribution >= 4 is 11.6 Å². The summed E-state index contributed by atoms with van der Waals surface area (Å²) in [6, 6.07) is 8.06. The van der Waals surface area contributed by atoms with Crippen LogP contribution in [0.5, 0.6) is 5.75 Å². The Labute approximate surface area is 102 Å². The number of hydrogen-bond acceptors (Lipinski definition) is 2. The minimum absolute atomic E-state index is 0.101. The van der Waals surface area contributed by atoms with Gasteiger partial charge in [-0.15, -0.1) is 0 Å². The third-order valence-corrected chi connectivity index (χ3v) is 2.21. The molecule has 0 fully saturated rings. The van der Waals surface area contributed by atoms with Crippen LogP contribution < -0.4 is 4.74 Å².